The molecule has 1 saturated carbocycles. The van der Waals surface area contributed by atoms with Gasteiger partial charge >= 0.3 is 0 Å². The SMILES string of the molecule is CC(C)n1nnc(CN)c1C1CCCCCC1. The number of rotatable bonds is 3. The molecule has 0 bridgehead atoms. The minimum absolute atomic E-state index is 0.376. The van der Waals surface area contributed by atoms with Crippen molar-refractivity contribution in [1.29, 1.82) is 0 Å². The highest BCUT2D eigenvalue weighted by atomic mass is 15.4. The summed E-state index contributed by atoms with van der Waals surface area (Å²) in [6, 6.07) is 0.376. The molecule has 2 N–H and O–H groups in total. The van der Waals surface area contributed by atoms with E-state index in [-0.39, 0.29) is 0 Å². The lowest BCUT2D eigenvalue weighted by atomic mass is 9.94. The molecule has 0 spiro atoms. The summed E-state index contributed by atoms with van der Waals surface area (Å²) in [5.74, 6) is 0.619. The van der Waals surface area contributed by atoms with Crippen molar-refractivity contribution >= 4 is 0 Å². The van der Waals surface area contributed by atoms with E-state index in [4.69, 9.17) is 5.73 Å². The highest BCUT2D eigenvalue weighted by Gasteiger charge is 2.23. The van der Waals surface area contributed by atoms with E-state index in [1.165, 1.54) is 44.2 Å². The van der Waals surface area contributed by atoms with E-state index >= 15 is 0 Å². The highest BCUT2D eigenvalue weighted by Crippen LogP contribution is 2.33. The summed E-state index contributed by atoms with van der Waals surface area (Å²) < 4.78 is 2.08. The van der Waals surface area contributed by atoms with Crippen LogP contribution >= 0.6 is 0 Å². The van der Waals surface area contributed by atoms with Crippen molar-refractivity contribution in [3.8, 4) is 0 Å². The van der Waals surface area contributed by atoms with Gasteiger partial charge < -0.3 is 5.73 Å². The zero-order valence-corrected chi connectivity index (χ0v) is 11.0. The van der Waals surface area contributed by atoms with Gasteiger partial charge in [0.2, 0.25) is 0 Å². The van der Waals surface area contributed by atoms with Crippen LogP contribution in [0.1, 0.15) is 75.7 Å². The molecule has 1 aliphatic rings. The Morgan fingerprint density at radius 3 is 2.41 bits per heavy atom. The van der Waals surface area contributed by atoms with Gasteiger partial charge in [-0.15, -0.1) is 5.10 Å². The van der Waals surface area contributed by atoms with Crippen molar-refractivity contribution in [3.05, 3.63) is 11.4 Å². The normalized spacial score (nSPS) is 18.6. The summed E-state index contributed by atoms with van der Waals surface area (Å²) in [5.41, 5.74) is 8.11. The first kappa shape index (κ1) is 12.6. The Morgan fingerprint density at radius 2 is 1.88 bits per heavy atom. The van der Waals surface area contributed by atoms with Gasteiger partial charge in [-0.05, 0) is 26.7 Å². The van der Waals surface area contributed by atoms with Crippen LogP contribution in [0, 0.1) is 0 Å². The Morgan fingerprint density at radius 1 is 1.24 bits per heavy atom. The van der Waals surface area contributed by atoms with E-state index in [2.05, 4.69) is 28.8 Å². The molecular weight excluding hydrogens is 212 g/mol. The highest BCUT2D eigenvalue weighted by molar-refractivity contribution is 5.16. The summed E-state index contributed by atoms with van der Waals surface area (Å²) in [7, 11) is 0. The third kappa shape index (κ3) is 2.68. The fourth-order valence-electron chi connectivity index (χ4n) is 2.84. The maximum absolute atomic E-state index is 5.79. The van der Waals surface area contributed by atoms with Crippen molar-refractivity contribution in [3.63, 3.8) is 0 Å². The average molecular weight is 236 g/mol. The Kier molecular flexibility index (Phi) is 4.15. The molecule has 1 heterocycles. The van der Waals surface area contributed by atoms with Gasteiger partial charge in [0.15, 0.2) is 0 Å². The number of hydrogen-bond donors (Lipinski definition) is 1. The second kappa shape index (κ2) is 5.63. The Bertz CT molecular complexity index is 348. The summed E-state index contributed by atoms with van der Waals surface area (Å²) >= 11 is 0. The van der Waals surface area contributed by atoms with Crippen molar-refractivity contribution in [2.75, 3.05) is 0 Å². The second-order valence-electron chi connectivity index (χ2n) is 5.35. The molecule has 0 amide bonds. The van der Waals surface area contributed by atoms with Crippen molar-refractivity contribution in [2.45, 2.75) is 70.9 Å². The van der Waals surface area contributed by atoms with Gasteiger partial charge in [0.1, 0.15) is 0 Å². The van der Waals surface area contributed by atoms with Crippen molar-refractivity contribution in [1.82, 2.24) is 15.0 Å². The van der Waals surface area contributed by atoms with E-state index < -0.39 is 0 Å². The summed E-state index contributed by atoms with van der Waals surface area (Å²) in [6.07, 6.45) is 7.95. The Balaban J connectivity index is 2.29. The quantitative estimate of drug-likeness (QED) is 0.821. The lowest BCUT2D eigenvalue weighted by molar-refractivity contribution is 0.454. The summed E-state index contributed by atoms with van der Waals surface area (Å²) in [6.45, 7) is 4.84. The van der Waals surface area contributed by atoms with Gasteiger partial charge in [-0.2, -0.15) is 0 Å². The van der Waals surface area contributed by atoms with Gasteiger partial charge in [-0.25, -0.2) is 4.68 Å². The largest absolute Gasteiger partial charge is 0.325 e. The van der Waals surface area contributed by atoms with Crippen LogP contribution < -0.4 is 5.73 Å². The van der Waals surface area contributed by atoms with E-state index in [9.17, 15) is 0 Å². The molecular formula is C13H24N4. The fourth-order valence-corrected chi connectivity index (χ4v) is 2.84. The third-order valence-corrected chi connectivity index (χ3v) is 3.73. The van der Waals surface area contributed by atoms with E-state index in [0.717, 1.165) is 5.69 Å². The van der Waals surface area contributed by atoms with Crippen LogP contribution in [-0.4, -0.2) is 15.0 Å². The van der Waals surface area contributed by atoms with Crippen LogP contribution in [0.5, 0.6) is 0 Å². The zero-order chi connectivity index (χ0) is 12.3. The molecule has 0 aliphatic heterocycles. The lowest BCUT2D eigenvalue weighted by Gasteiger charge is -2.18. The first-order valence-electron chi connectivity index (χ1n) is 6.88. The first-order valence-corrected chi connectivity index (χ1v) is 6.88. The molecule has 0 unspecified atom stereocenters. The average Bonchev–Trinajstić information content (AvgIpc) is 2.57. The van der Waals surface area contributed by atoms with Crippen LogP contribution in [0.3, 0.4) is 0 Å². The van der Waals surface area contributed by atoms with Crippen molar-refractivity contribution in [2.24, 2.45) is 5.73 Å². The van der Waals surface area contributed by atoms with Crippen LogP contribution in [0.15, 0.2) is 0 Å². The molecule has 1 aromatic heterocycles. The summed E-state index contributed by atoms with van der Waals surface area (Å²) in [5, 5.41) is 8.53. The molecule has 0 radical (unpaired) electrons. The van der Waals surface area contributed by atoms with Crippen LogP contribution in [-0.2, 0) is 6.54 Å². The molecule has 1 fully saturated rings. The molecule has 4 nitrogen and oxygen atoms in total. The number of nitrogens with two attached hydrogens (primary N) is 1. The molecule has 17 heavy (non-hydrogen) atoms. The molecule has 4 heteroatoms. The van der Waals surface area contributed by atoms with Gasteiger partial charge in [-0.1, -0.05) is 30.9 Å². The van der Waals surface area contributed by atoms with Crippen LogP contribution in [0.25, 0.3) is 0 Å². The topological polar surface area (TPSA) is 56.7 Å². The predicted octanol–water partition coefficient (Wildman–Crippen LogP) is 2.76. The molecule has 1 aromatic rings. The van der Waals surface area contributed by atoms with E-state index in [1.807, 2.05) is 0 Å². The van der Waals surface area contributed by atoms with Gasteiger partial charge in [-0.3, -0.25) is 0 Å². The van der Waals surface area contributed by atoms with E-state index in [0.29, 0.717) is 18.5 Å². The minimum Gasteiger partial charge on any atom is -0.325 e. The summed E-state index contributed by atoms with van der Waals surface area (Å²) in [4.78, 5) is 0. The zero-order valence-electron chi connectivity index (χ0n) is 11.0. The number of nitrogens with zero attached hydrogens (tertiary/aromatic N) is 3. The smallest absolute Gasteiger partial charge is 0.0997 e. The minimum atomic E-state index is 0.376. The van der Waals surface area contributed by atoms with E-state index in [1.54, 1.807) is 0 Å². The predicted molar refractivity (Wildman–Crippen MR) is 68.7 cm³/mol. The fraction of sp³-hybridized carbons (Fsp3) is 0.846. The monoisotopic (exact) mass is 236 g/mol. The molecule has 2 rings (SSSR count). The van der Waals surface area contributed by atoms with Crippen molar-refractivity contribution < 1.29 is 0 Å². The van der Waals surface area contributed by atoms with Gasteiger partial charge in [0, 0.05) is 18.5 Å². The van der Waals surface area contributed by atoms with Gasteiger partial charge in [0.25, 0.3) is 0 Å². The molecule has 0 atom stereocenters. The maximum Gasteiger partial charge on any atom is 0.0997 e. The Hall–Kier alpha value is -0.900. The Labute approximate surface area is 104 Å². The second-order valence-corrected chi connectivity index (χ2v) is 5.35. The van der Waals surface area contributed by atoms with Gasteiger partial charge in [0.05, 0.1) is 11.4 Å². The molecule has 0 saturated heterocycles. The molecule has 1 aliphatic carbocycles. The van der Waals surface area contributed by atoms with Crippen LogP contribution in [0.2, 0.25) is 0 Å². The molecule has 0 aromatic carbocycles. The first-order chi connectivity index (χ1) is 8.24. The third-order valence-electron chi connectivity index (χ3n) is 3.73. The number of hydrogen-bond acceptors (Lipinski definition) is 3. The number of aromatic nitrogens is 3. The van der Waals surface area contributed by atoms with Crippen LogP contribution in [0.4, 0.5) is 0 Å². The maximum atomic E-state index is 5.79. The lowest BCUT2D eigenvalue weighted by Crippen LogP contribution is -2.14. The molecule has 96 valence electrons. The standard InChI is InChI=1S/C13H24N4/c1-10(2)17-13(12(9-14)15-16-17)11-7-5-3-4-6-8-11/h10-11H,3-9,14H2,1-2H3.